The molecule has 0 aliphatic heterocycles. The largest absolute Gasteiger partial charge is 0.305 e. The average Bonchev–Trinajstić information content (AvgIpc) is 2.83. The van der Waals surface area contributed by atoms with Gasteiger partial charge < -0.3 is 10.6 Å². The second kappa shape index (κ2) is 6.83. The predicted molar refractivity (Wildman–Crippen MR) is 83.1 cm³/mol. The normalized spacial score (nSPS) is 12.2. The number of hydrogen-bond donors (Lipinski definition) is 2. The lowest BCUT2D eigenvalue weighted by atomic mass is 10.1. The highest BCUT2D eigenvalue weighted by molar-refractivity contribution is 7.13. The van der Waals surface area contributed by atoms with E-state index in [0.717, 1.165) is 10.7 Å². The quantitative estimate of drug-likeness (QED) is 0.887. The molecular weight excluding hydrogens is 294 g/mol. The van der Waals surface area contributed by atoms with E-state index in [0.29, 0.717) is 11.7 Å². The van der Waals surface area contributed by atoms with Crippen LogP contribution in [-0.4, -0.2) is 10.9 Å². The standard InChI is InChI=1S/C14H16ClN3OS/c1-9(11-3-5-12(15)6-4-11)16-7-13-8-20-14(18-13)17-10(2)19/h3-6,8-9,16H,7H2,1-2H3,(H,17,18,19). The number of nitrogens with one attached hydrogen (secondary N) is 2. The first-order chi connectivity index (χ1) is 9.54. The zero-order valence-electron chi connectivity index (χ0n) is 11.3. The molecular formula is C14H16ClN3OS. The van der Waals surface area contributed by atoms with Crippen molar-refractivity contribution in [3.63, 3.8) is 0 Å². The summed E-state index contributed by atoms with van der Waals surface area (Å²) in [5.74, 6) is -0.103. The smallest absolute Gasteiger partial charge is 0.223 e. The topological polar surface area (TPSA) is 54.0 Å². The molecule has 0 saturated heterocycles. The first-order valence-corrected chi connectivity index (χ1v) is 7.51. The minimum Gasteiger partial charge on any atom is -0.305 e. The second-order valence-electron chi connectivity index (χ2n) is 4.48. The number of amides is 1. The van der Waals surface area contributed by atoms with Gasteiger partial charge in [0.15, 0.2) is 5.13 Å². The van der Waals surface area contributed by atoms with Crippen LogP contribution in [0.15, 0.2) is 29.6 Å². The molecule has 0 bridgehead atoms. The molecule has 1 amide bonds. The lowest BCUT2D eigenvalue weighted by Gasteiger charge is -2.13. The van der Waals surface area contributed by atoms with E-state index < -0.39 is 0 Å². The molecule has 1 aromatic heterocycles. The molecule has 1 atom stereocenters. The SMILES string of the molecule is CC(=O)Nc1nc(CNC(C)c2ccc(Cl)cc2)cs1. The summed E-state index contributed by atoms with van der Waals surface area (Å²) in [6.07, 6.45) is 0. The van der Waals surface area contributed by atoms with Gasteiger partial charge in [-0.3, -0.25) is 4.79 Å². The van der Waals surface area contributed by atoms with Gasteiger partial charge in [0, 0.05) is 29.9 Å². The summed E-state index contributed by atoms with van der Waals surface area (Å²) in [6.45, 7) is 4.21. The molecule has 6 heteroatoms. The molecule has 0 spiro atoms. The van der Waals surface area contributed by atoms with E-state index in [1.165, 1.54) is 23.8 Å². The van der Waals surface area contributed by atoms with Gasteiger partial charge in [-0.1, -0.05) is 23.7 Å². The van der Waals surface area contributed by atoms with Crippen LogP contribution in [0.2, 0.25) is 5.02 Å². The molecule has 2 aromatic rings. The maximum absolute atomic E-state index is 10.9. The summed E-state index contributed by atoms with van der Waals surface area (Å²) < 4.78 is 0. The molecule has 0 fully saturated rings. The third-order valence-corrected chi connectivity index (χ3v) is 3.85. The number of hydrogen-bond acceptors (Lipinski definition) is 4. The van der Waals surface area contributed by atoms with Crippen LogP contribution in [0.1, 0.15) is 31.1 Å². The van der Waals surface area contributed by atoms with E-state index in [2.05, 4.69) is 22.5 Å². The molecule has 0 radical (unpaired) electrons. The Bertz CT molecular complexity index is 582. The first-order valence-electron chi connectivity index (χ1n) is 6.25. The van der Waals surface area contributed by atoms with Crippen LogP contribution in [0.5, 0.6) is 0 Å². The predicted octanol–water partition coefficient (Wildman–Crippen LogP) is 3.61. The minimum atomic E-state index is -0.103. The van der Waals surface area contributed by atoms with Gasteiger partial charge in [-0.2, -0.15) is 0 Å². The van der Waals surface area contributed by atoms with E-state index in [9.17, 15) is 4.79 Å². The fourth-order valence-corrected chi connectivity index (χ4v) is 2.61. The molecule has 1 heterocycles. The summed E-state index contributed by atoms with van der Waals surface area (Å²) in [6, 6.07) is 7.98. The lowest BCUT2D eigenvalue weighted by Crippen LogP contribution is -2.18. The first kappa shape index (κ1) is 15.0. The van der Waals surface area contributed by atoms with Crippen molar-refractivity contribution in [2.24, 2.45) is 0 Å². The number of thiazole rings is 1. The summed E-state index contributed by atoms with van der Waals surface area (Å²) in [7, 11) is 0. The van der Waals surface area contributed by atoms with Crippen molar-refractivity contribution < 1.29 is 4.79 Å². The van der Waals surface area contributed by atoms with Gasteiger partial charge >= 0.3 is 0 Å². The van der Waals surface area contributed by atoms with Crippen LogP contribution in [0, 0.1) is 0 Å². The van der Waals surface area contributed by atoms with Crippen LogP contribution < -0.4 is 10.6 Å². The van der Waals surface area contributed by atoms with Gasteiger partial charge in [0.05, 0.1) is 5.69 Å². The zero-order chi connectivity index (χ0) is 14.5. The van der Waals surface area contributed by atoms with Crippen LogP contribution in [0.25, 0.3) is 0 Å². The Balaban J connectivity index is 1.89. The molecule has 0 aliphatic carbocycles. The van der Waals surface area contributed by atoms with E-state index in [4.69, 9.17) is 11.6 Å². The fourth-order valence-electron chi connectivity index (χ4n) is 1.72. The number of anilines is 1. The number of aromatic nitrogens is 1. The molecule has 4 nitrogen and oxygen atoms in total. The maximum Gasteiger partial charge on any atom is 0.223 e. The molecule has 2 rings (SSSR count). The Kier molecular flexibility index (Phi) is 5.11. The van der Waals surface area contributed by atoms with Gasteiger partial charge in [0.2, 0.25) is 5.91 Å². The number of benzene rings is 1. The number of carbonyl (C=O) groups excluding carboxylic acids is 1. The highest BCUT2D eigenvalue weighted by Gasteiger charge is 2.07. The van der Waals surface area contributed by atoms with E-state index in [-0.39, 0.29) is 11.9 Å². The van der Waals surface area contributed by atoms with Crippen molar-refractivity contribution in [1.82, 2.24) is 10.3 Å². The van der Waals surface area contributed by atoms with Crippen LogP contribution in [-0.2, 0) is 11.3 Å². The minimum absolute atomic E-state index is 0.103. The summed E-state index contributed by atoms with van der Waals surface area (Å²) in [4.78, 5) is 15.3. The molecule has 1 unspecified atom stereocenters. The highest BCUT2D eigenvalue weighted by atomic mass is 35.5. The van der Waals surface area contributed by atoms with Gasteiger partial charge in [-0.25, -0.2) is 4.98 Å². The van der Waals surface area contributed by atoms with Gasteiger partial charge in [0.1, 0.15) is 0 Å². The monoisotopic (exact) mass is 309 g/mol. The Hall–Kier alpha value is -1.43. The molecule has 106 valence electrons. The number of rotatable bonds is 5. The van der Waals surface area contributed by atoms with Crippen LogP contribution in [0.4, 0.5) is 5.13 Å². The van der Waals surface area contributed by atoms with Crippen molar-refractivity contribution in [2.45, 2.75) is 26.4 Å². The van der Waals surface area contributed by atoms with Crippen molar-refractivity contribution >= 4 is 34.0 Å². The average molecular weight is 310 g/mol. The Morgan fingerprint density at radius 1 is 1.40 bits per heavy atom. The van der Waals surface area contributed by atoms with Crippen LogP contribution >= 0.6 is 22.9 Å². The van der Waals surface area contributed by atoms with E-state index >= 15 is 0 Å². The number of nitrogens with zero attached hydrogens (tertiary/aromatic N) is 1. The highest BCUT2D eigenvalue weighted by Crippen LogP contribution is 2.18. The van der Waals surface area contributed by atoms with Crippen LogP contribution in [0.3, 0.4) is 0 Å². The van der Waals surface area contributed by atoms with Crippen molar-refractivity contribution in [2.75, 3.05) is 5.32 Å². The maximum atomic E-state index is 10.9. The summed E-state index contributed by atoms with van der Waals surface area (Å²) in [5.41, 5.74) is 2.09. The van der Waals surface area contributed by atoms with E-state index in [1.807, 2.05) is 29.6 Å². The lowest BCUT2D eigenvalue weighted by molar-refractivity contribution is -0.114. The van der Waals surface area contributed by atoms with E-state index in [1.54, 1.807) is 0 Å². The molecule has 0 aliphatic rings. The third-order valence-electron chi connectivity index (χ3n) is 2.79. The molecule has 1 aromatic carbocycles. The Morgan fingerprint density at radius 2 is 2.10 bits per heavy atom. The van der Waals surface area contributed by atoms with Gasteiger partial charge in [-0.15, -0.1) is 11.3 Å². The Labute approximate surface area is 127 Å². The second-order valence-corrected chi connectivity index (χ2v) is 5.77. The molecule has 0 saturated carbocycles. The molecule has 2 N–H and O–H groups in total. The van der Waals surface area contributed by atoms with Gasteiger partial charge in [0.25, 0.3) is 0 Å². The molecule has 20 heavy (non-hydrogen) atoms. The van der Waals surface area contributed by atoms with Crippen molar-refractivity contribution in [3.8, 4) is 0 Å². The van der Waals surface area contributed by atoms with Crippen molar-refractivity contribution in [1.29, 1.82) is 0 Å². The fraction of sp³-hybridized carbons (Fsp3) is 0.286. The van der Waals surface area contributed by atoms with Gasteiger partial charge in [-0.05, 0) is 24.6 Å². The summed E-state index contributed by atoms with van der Waals surface area (Å²) in [5, 5.41) is 9.37. The summed E-state index contributed by atoms with van der Waals surface area (Å²) >= 11 is 7.30. The van der Waals surface area contributed by atoms with Crippen molar-refractivity contribution in [3.05, 3.63) is 45.9 Å². The number of halogens is 1. The number of carbonyl (C=O) groups is 1. The third kappa shape index (κ3) is 4.30. The zero-order valence-corrected chi connectivity index (χ0v) is 12.9. The Morgan fingerprint density at radius 3 is 2.75 bits per heavy atom.